The lowest BCUT2D eigenvalue weighted by atomic mass is 10.00. The van der Waals surface area contributed by atoms with Gasteiger partial charge in [-0.15, -0.1) is 13.2 Å². The number of alkyl halides is 3. The highest BCUT2D eigenvalue weighted by molar-refractivity contribution is 6.01. The SMILES string of the molecule is O=C(Nc1ccc(OC(F)(F)F)cc1)C1(c2cc(-c3ccccc3F)on2)CC1. The maximum Gasteiger partial charge on any atom is 0.573 e. The number of amides is 1. The largest absolute Gasteiger partial charge is 0.573 e. The number of ether oxygens (including phenoxy) is 1. The summed E-state index contributed by atoms with van der Waals surface area (Å²) in [5, 5.41) is 6.60. The van der Waals surface area contributed by atoms with Crippen molar-refractivity contribution in [1.29, 1.82) is 0 Å². The molecule has 0 spiro atoms. The van der Waals surface area contributed by atoms with Crippen LogP contribution in [0.4, 0.5) is 23.2 Å². The lowest BCUT2D eigenvalue weighted by Crippen LogP contribution is -2.28. The molecule has 1 aromatic heterocycles. The molecule has 150 valence electrons. The molecule has 29 heavy (non-hydrogen) atoms. The van der Waals surface area contributed by atoms with Crippen LogP contribution >= 0.6 is 0 Å². The maximum atomic E-state index is 13.9. The predicted molar refractivity (Wildman–Crippen MR) is 94.6 cm³/mol. The second kappa shape index (κ2) is 6.91. The molecular formula is C20H14F4N2O3. The van der Waals surface area contributed by atoms with Crippen molar-refractivity contribution in [2.75, 3.05) is 5.32 Å². The van der Waals surface area contributed by atoms with Crippen LogP contribution in [0, 0.1) is 5.82 Å². The second-order valence-electron chi connectivity index (χ2n) is 6.66. The molecule has 1 N–H and O–H groups in total. The highest BCUT2D eigenvalue weighted by Crippen LogP contribution is 2.49. The van der Waals surface area contributed by atoms with Crippen LogP contribution < -0.4 is 10.1 Å². The number of carbonyl (C=O) groups excluding carboxylic acids is 1. The first-order valence-electron chi connectivity index (χ1n) is 8.66. The first kappa shape index (κ1) is 19.0. The normalized spacial score (nSPS) is 15.0. The molecule has 9 heteroatoms. The summed E-state index contributed by atoms with van der Waals surface area (Å²) < 4.78 is 59.6. The highest BCUT2D eigenvalue weighted by atomic mass is 19.4. The Hall–Kier alpha value is -3.36. The van der Waals surface area contributed by atoms with Gasteiger partial charge in [0.1, 0.15) is 11.6 Å². The van der Waals surface area contributed by atoms with Crippen molar-refractivity contribution in [2.24, 2.45) is 0 Å². The predicted octanol–water partition coefficient (Wildman–Crippen LogP) is 5.05. The average Bonchev–Trinajstić information content (AvgIpc) is 3.33. The Bertz CT molecular complexity index is 1040. The molecule has 0 bridgehead atoms. The number of anilines is 1. The summed E-state index contributed by atoms with van der Waals surface area (Å²) in [5.41, 5.74) is 0.0235. The molecule has 1 amide bonds. The maximum absolute atomic E-state index is 13.9. The van der Waals surface area contributed by atoms with E-state index in [9.17, 15) is 22.4 Å². The van der Waals surface area contributed by atoms with E-state index in [1.807, 2.05) is 0 Å². The van der Waals surface area contributed by atoms with Crippen LogP contribution in [-0.2, 0) is 10.2 Å². The van der Waals surface area contributed by atoms with Crippen molar-refractivity contribution < 1.29 is 31.6 Å². The van der Waals surface area contributed by atoms with Crippen LogP contribution in [0.3, 0.4) is 0 Å². The van der Waals surface area contributed by atoms with Crippen molar-refractivity contribution >= 4 is 11.6 Å². The number of benzene rings is 2. The fourth-order valence-corrected chi connectivity index (χ4v) is 3.00. The summed E-state index contributed by atoms with van der Waals surface area (Å²) in [7, 11) is 0. The second-order valence-corrected chi connectivity index (χ2v) is 6.66. The third-order valence-corrected chi connectivity index (χ3v) is 4.67. The van der Waals surface area contributed by atoms with Gasteiger partial charge in [0.25, 0.3) is 0 Å². The summed E-state index contributed by atoms with van der Waals surface area (Å²) in [6.45, 7) is 0. The highest BCUT2D eigenvalue weighted by Gasteiger charge is 2.54. The van der Waals surface area contributed by atoms with Gasteiger partial charge in [-0.2, -0.15) is 0 Å². The first-order valence-corrected chi connectivity index (χ1v) is 8.66. The van der Waals surface area contributed by atoms with E-state index < -0.39 is 17.6 Å². The number of nitrogens with one attached hydrogen (secondary N) is 1. The zero-order valence-corrected chi connectivity index (χ0v) is 14.8. The summed E-state index contributed by atoms with van der Waals surface area (Å²) in [6, 6.07) is 12.4. The Morgan fingerprint density at radius 1 is 1.10 bits per heavy atom. The topological polar surface area (TPSA) is 64.4 Å². The molecule has 0 atom stereocenters. The molecule has 0 saturated heterocycles. The number of aromatic nitrogens is 1. The van der Waals surface area contributed by atoms with E-state index in [0.717, 1.165) is 12.1 Å². The zero-order valence-electron chi connectivity index (χ0n) is 14.8. The van der Waals surface area contributed by atoms with Crippen LogP contribution in [0.15, 0.2) is 59.1 Å². The van der Waals surface area contributed by atoms with E-state index in [4.69, 9.17) is 4.52 Å². The Morgan fingerprint density at radius 2 is 1.79 bits per heavy atom. The van der Waals surface area contributed by atoms with Gasteiger partial charge >= 0.3 is 6.36 Å². The quantitative estimate of drug-likeness (QED) is 0.603. The molecule has 0 radical (unpaired) electrons. The lowest BCUT2D eigenvalue weighted by molar-refractivity contribution is -0.274. The van der Waals surface area contributed by atoms with Gasteiger partial charge in [0.15, 0.2) is 5.76 Å². The van der Waals surface area contributed by atoms with Gasteiger partial charge in [-0.05, 0) is 49.2 Å². The fourth-order valence-electron chi connectivity index (χ4n) is 3.00. The van der Waals surface area contributed by atoms with Crippen LogP contribution in [0.2, 0.25) is 0 Å². The smallest absolute Gasteiger partial charge is 0.406 e. The van der Waals surface area contributed by atoms with Gasteiger partial charge in [0.2, 0.25) is 5.91 Å². The lowest BCUT2D eigenvalue weighted by Gasteiger charge is -2.13. The van der Waals surface area contributed by atoms with Crippen LogP contribution in [0.5, 0.6) is 5.75 Å². The van der Waals surface area contributed by atoms with Gasteiger partial charge in [0.05, 0.1) is 16.7 Å². The van der Waals surface area contributed by atoms with Gasteiger partial charge in [-0.1, -0.05) is 17.3 Å². The minimum absolute atomic E-state index is 0.214. The van der Waals surface area contributed by atoms with Crippen LogP contribution in [0.25, 0.3) is 11.3 Å². The van der Waals surface area contributed by atoms with Crippen LogP contribution in [-0.4, -0.2) is 17.4 Å². The van der Waals surface area contributed by atoms with E-state index in [2.05, 4.69) is 15.2 Å². The molecule has 2 aromatic carbocycles. The monoisotopic (exact) mass is 406 g/mol. The third-order valence-electron chi connectivity index (χ3n) is 4.67. The number of rotatable bonds is 5. The van der Waals surface area contributed by atoms with Crippen molar-refractivity contribution in [2.45, 2.75) is 24.6 Å². The van der Waals surface area contributed by atoms with Gasteiger partial charge < -0.3 is 14.6 Å². The molecule has 0 unspecified atom stereocenters. The van der Waals surface area contributed by atoms with Crippen molar-refractivity contribution in [3.8, 4) is 17.1 Å². The Morgan fingerprint density at radius 3 is 2.41 bits per heavy atom. The molecular weight excluding hydrogens is 392 g/mol. The molecule has 1 aliphatic rings. The minimum atomic E-state index is -4.79. The van der Waals surface area contributed by atoms with E-state index in [1.165, 1.54) is 24.3 Å². The molecule has 0 aliphatic heterocycles. The summed E-state index contributed by atoms with van der Waals surface area (Å²) in [6.07, 6.45) is -3.74. The zero-order chi connectivity index (χ0) is 20.6. The Kier molecular flexibility index (Phi) is 4.52. The number of carbonyl (C=O) groups is 1. The summed E-state index contributed by atoms with van der Waals surface area (Å²) in [5.74, 6) is -1.01. The van der Waals surface area contributed by atoms with Gasteiger partial charge in [0, 0.05) is 11.8 Å². The number of nitrogens with zero attached hydrogens (tertiary/aromatic N) is 1. The standard InChI is InChI=1S/C20H14F4N2O3/c21-15-4-2-1-3-14(15)16-11-17(26-29-16)19(9-10-19)18(27)25-12-5-7-13(8-6-12)28-20(22,23)24/h1-8,11H,9-10H2,(H,25,27). The van der Waals surface area contributed by atoms with E-state index in [1.54, 1.807) is 18.2 Å². The average molecular weight is 406 g/mol. The summed E-state index contributed by atoms with van der Waals surface area (Å²) in [4.78, 5) is 12.7. The number of halogens is 4. The minimum Gasteiger partial charge on any atom is -0.406 e. The van der Waals surface area contributed by atoms with Crippen LogP contribution in [0.1, 0.15) is 18.5 Å². The molecule has 1 saturated carbocycles. The Balaban J connectivity index is 1.49. The van der Waals surface area contributed by atoms with Gasteiger partial charge in [-0.25, -0.2) is 4.39 Å². The van der Waals surface area contributed by atoms with Crippen molar-refractivity contribution in [1.82, 2.24) is 5.16 Å². The van der Waals surface area contributed by atoms with Crippen molar-refractivity contribution in [3.63, 3.8) is 0 Å². The Labute approximate surface area is 162 Å². The molecule has 1 heterocycles. The molecule has 5 nitrogen and oxygen atoms in total. The number of hydrogen-bond acceptors (Lipinski definition) is 4. The van der Waals surface area contributed by atoms with E-state index in [0.29, 0.717) is 24.2 Å². The third kappa shape index (κ3) is 3.94. The number of hydrogen-bond donors (Lipinski definition) is 1. The summed E-state index contributed by atoms with van der Waals surface area (Å²) >= 11 is 0. The molecule has 3 aromatic rings. The molecule has 1 aliphatic carbocycles. The fraction of sp³-hybridized carbons (Fsp3) is 0.200. The molecule has 1 fully saturated rings. The van der Waals surface area contributed by atoms with E-state index in [-0.39, 0.29) is 23.0 Å². The van der Waals surface area contributed by atoms with E-state index >= 15 is 0 Å². The van der Waals surface area contributed by atoms with Gasteiger partial charge in [-0.3, -0.25) is 4.79 Å². The first-order chi connectivity index (χ1) is 13.8. The molecule has 4 rings (SSSR count). The van der Waals surface area contributed by atoms with Crippen molar-refractivity contribution in [3.05, 3.63) is 66.1 Å².